The molecule has 1 unspecified atom stereocenters. The highest BCUT2D eigenvalue weighted by Gasteiger charge is 2.18. The maximum Gasteiger partial charge on any atom is 0.181 e. The molecule has 0 aliphatic heterocycles. The smallest absolute Gasteiger partial charge is 0.181 e. The number of hydrogen-bond acceptors (Lipinski definition) is 3. The van der Waals surface area contributed by atoms with Crippen LogP contribution in [0, 0.1) is 5.92 Å². The monoisotopic (exact) mass is 302 g/mol. The molecule has 0 saturated heterocycles. The van der Waals surface area contributed by atoms with E-state index in [0.29, 0.717) is 24.1 Å². The molecular weight excluding hydrogens is 272 g/mol. The van der Waals surface area contributed by atoms with Gasteiger partial charge in [0.2, 0.25) is 0 Å². The summed E-state index contributed by atoms with van der Waals surface area (Å²) in [6.45, 7) is 6.53. The van der Waals surface area contributed by atoms with Crippen molar-refractivity contribution < 1.29 is 4.79 Å². The van der Waals surface area contributed by atoms with E-state index in [2.05, 4.69) is 30.2 Å². The van der Waals surface area contributed by atoms with E-state index in [1.165, 1.54) is 37.7 Å². The third-order valence-corrected chi connectivity index (χ3v) is 4.70. The molecule has 1 aliphatic carbocycles. The number of Topliss-reactive ketones (excluding diaryl/α,β-unsaturated/α-hetero) is 1. The first-order chi connectivity index (χ1) is 10.6. The van der Waals surface area contributed by atoms with Gasteiger partial charge in [-0.1, -0.05) is 46.1 Å². The van der Waals surface area contributed by atoms with Crippen LogP contribution in [0.2, 0.25) is 0 Å². The van der Waals surface area contributed by atoms with Crippen LogP contribution >= 0.6 is 0 Å². The van der Waals surface area contributed by atoms with Crippen molar-refractivity contribution in [3.05, 3.63) is 23.4 Å². The van der Waals surface area contributed by atoms with Gasteiger partial charge in [-0.25, -0.2) is 4.98 Å². The van der Waals surface area contributed by atoms with Gasteiger partial charge in [0.15, 0.2) is 5.78 Å². The van der Waals surface area contributed by atoms with Gasteiger partial charge < -0.3 is 5.32 Å². The lowest BCUT2D eigenvalue weighted by Crippen LogP contribution is -2.19. The first-order valence-corrected chi connectivity index (χ1v) is 8.93. The Labute approximate surface area is 134 Å². The standard InChI is InChI=1S/C19H30N2O/c1-4-8-18(22)17-12-11-15(13-14(3)5-2)19(21-17)20-16-9-6-7-10-16/h11-12,14,16H,4-10,13H2,1-3H3,(H,20,21). The Kier molecular flexibility index (Phi) is 6.41. The normalized spacial score (nSPS) is 16.7. The Morgan fingerprint density at radius 2 is 2.05 bits per heavy atom. The second-order valence-electron chi connectivity index (χ2n) is 6.72. The fourth-order valence-corrected chi connectivity index (χ4v) is 3.07. The largest absolute Gasteiger partial charge is 0.367 e. The van der Waals surface area contributed by atoms with Gasteiger partial charge in [-0.15, -0.1) is 0 Å². The highest BCUT2D eigenvalue weighted by atomic mass is 16.1. The summed E-state index contributed by atoms with van der Waals surface area (Å²) in [5.41, 5.74) is 1.88. The van der Waals surface area contributed by atoms with Gasteiger partial charge in [-0.2, -0.15) is 0 Å². The number of rotatable bonds is 8. The predicted molar refractivity (Wildman–Crippen MR) is 92.5 cm³/mol. The van der Waals surface area contributed by atoms with Crippen LogP contribution in [-0.2, 0) is 6.42 Å². The van der Waals surface area contributed by atoms with E-state index in [9.17, 15) is 4.79 Å². The van der Waals surface area contributed by atoms with E-state index in [4.69, 9.17) is 0 Å². The third-order valence-electron chi connectivity index (χ3n) is 4.70. The minimum absolute atomic E-state index is 0.159. The number of carbonyl (C=O) groups is 1. The fraction of sp³-hybridized carbons (Fsp3) is 0.684. The molecular formula is C19H30N2O. The van der Waals surface area contributed by atoms with Gasteiger partial charge in [-0.3, -0.25) is 4.79 Å². The lowest BCUT2D eigenvalue weighted by atomic mass is 9.98. The molecule has 1 saturated carbocycles. The molecule has 1 fully saturated rings. The number of nitrogens with zero attached hydrogens (tertiary/aromatic N) is 1. The Morgan fingerprint density at radius 1 is 1.32 bits per heavy atom. The van der Waals surface area contributed by atoms with E-state index < -0.39 is 0 Å². The number of nitrogens with one attached hydrogen (secondary N) is 1. The summed E-state index contributed by atoms with van der Waals surface area (Å²) in [6.07, 6.45) is 8.69. The average Bonchev–Trinajstić information content (AvgIpc) is 3.02. The highest BCUT2D eigenvalue weighted by molar-refractivity contribution is 5.94. The summed E-state index contributed by atoms with van der Waals surface area (Å²) in [6, 6.07) is 4.55. The minimum atomic E-state index is 0.159. The second-order valence-corrected chi connectivity index (χ2v) is 6.72. The quantitative estimate of drug-likeness (QED) is 0.686. The van der Waals surface area contributed by atoms with Crippen molar-refractivity contribution in [1.82, 2.24) is 4.98 Å². The highest BCUT2D eigenvalue weighted by Crippen LogP contribution is 2.25. The Morgan fingerprint density at radius 3 is 2.68 bits per heavy atom. The van der Waals surface area contributed by atoms with Crippen LogP contribution in [0.15, 0.2) is 12.1 Å². The summed E-state index contributed by atoms with van der Waals surface area (Å²) in [5.74, 6) is 1.75. The van der Waals surface area contributed by atoms with Gasteiger partial charge in [0.05, 0.1) is 0 Å². The second kappa shape index (κ2) is 8.30. The minimum Gasteiger partial charge on any atom is -0.367 e. The average molecular weight is 302 g/mol. The summed E-state index contributed by atoms with van der Waals surface area (Å²) in [4.78, 5) is 16.8. The van der Waals surface area contributed by atoms with Gasteiger partial charge in [0.25, 0.3) is 0 Å². The maximum absolute atomic E-state index is 12.1. The summed E-state index contributed by atoms with van der Waals surface area (Å²) in [7, 11) is 0. The Hall–Kier alpha value is -1.38. The van der Waals surface area contributed by atoms with Crippen molar-refractivity contribution in [2.75, 3.05) is 5.32 Å². The number of ketones is 1. The molecule has 0 bridgehead atoms. The molecule has 1 atom stereocenters. The molecule has 1 heterocycles. The van der Waals surface area contributed by atoms with Crippen molar-refractivity contribution >= 4 is 11.6 Å². The Bertz CT molecular complexity index is 492. The molecule has 0 aromatic carbocycles. The molecule has 22 heavy (non-hydrogen) atoms. The van der Waals surface area contributed by atoms with Crippen molar-refractivity contribution in [2.45, 2.75) is 78.2 Å². The molecule has 1 aromatic rings. The van der Waals surface area contributed by atoms with Crippen molar-refractivity contribution in [1.29, 1.82) is 0 Å². The van der Waals surface area contributed by atoms with Crippen LogP contribution < -0.4 is 5.32 Å². The molecule has 0 spiro atoms. The van der Waals surface area contributed by atoms with E-state index in [1.807, 2.05) is 13.0 Å². The number of carbonyl (C=O) groups excluding carboxylic acids is 1. The molecule has 0 radical (unpaired) electrons. The molecule has 1 aromatic heterocycles. The molecule has 0 amide bonds. The SMILES string of the molecule is CCCC(=O)c1ccc(CC(C)CC)c(NC2CCCC2)n1. The molecule has 1 N–H and O–H groups in total. The van der Waals surface area contributed by atoms with Gasteiger partial charge >= 0.3 is 0 Å². The molecule has 1 aliphatic rings. The summed E-state index contributed by atoms with van der Waals surface area (Å²) >= 11 is 0. The van der Waals surface area contributed by atoms with Crippen LogP contribution in [0.4, 0.5) is 5.82 Å². The Balaban J connectivity index is 2.21. The van der Waals surface area contributed by atoms with Crippen LogP contribution in [0.3, 0.4) is 0 Å². The molecule has 122 valence electrons. The fourth-order valence-electron chi connectivity index (χ4n) is 3.07. The van der Waals surface area contributed by atoms with E-state index in [1.54, 1.807) is 0 Å². The zero-order valence-electron chi connectivity index (χ0n) is 14.3. The predicted octanol–water partition coefficient (Wildman–Crippen LogP) is 5.01. The van der Waals surface area contributed by atoms with Crippen molar-refractivity contribution in [3.63, 3.8) is 0 Å². The van der Waals surface area contributed by atoms with Gasteiger partial charge in [0, 0.05) is 12.5 Å². The lowest BCUT2D eigenvalue weighted by Gasteiger charge is -2.18. The lowest BCUT2D eigenvalue weighted by molar-refractivity contribution is 0.0977. The van der Waals surface area contributed by atoms with E-state index >= 15 is 0 Å². The topological polar surface area (TPSA) is 42.0 Å². The van der Waals surface area contributed by atoms with Crippen LogP contribution in [0.25, 0.3) is 0 Å². The van der Waals surface area contributed by atoms with E-state index in [0.717, 1.165) is 18.7 Å². The van der Waals surface area contributed by atoms with Crippen LogP contribution in [-0.4, -0.2) is 16.8 Å². The molecule has 2 rings (SSSR count). The van der Waals surface area contributed by atoms with Crippen LogP contribution in [0.1, 0.15) is 81.8 Å². The van der Waals surface area contributed by atoms with Crippen LogP contribution in [0.5, 0.6) is 0 Å². The third kappa shape index (κ3) is 4.56. The van der Waals surface area contributed by atoms with Crippen molar-refractivity contribution in [3.8, 4) is 0 Å². The molecule has 3 nitrogen and oxygen atoms in total. The first kappa shape index (κ1) is 17.0. The maximum atomic E-state index is 12.1. The number of anilines is 1. The number of pyridine rings is 1. The number of aromatic nitrogens is 1. The van der Waals surface area contributed by atoms with Gasteiger partial charge in [-0.05, 0) is 43.2 Å². The van der Waals surface area contributed by atoms with Crippen molar-refractivity contribution in [2.24, 2.45) is 5.92 Å². The van der Waals surface area contributed by atoms with Gasteiger partial charge in [0.1, 0.15) is 11.5 Å². The zero-order chi connectivity index (χ0) is 15.9. The molecule has 3 heteroatoms. The summed E-state index contributed by atoms with van der Waals surface area (Å²) in [5, 5.41) is 3.61. The van der Waals surface area contributed by atoms with E-state index in [-0.39, 0.29) is 5.78 Å². The zero-order valence-corrected chi connectivity index (χ0v) is 14.3. The first-order valence-electron chi connectivity index (χ1n) is 8.93. The summed E-state index contributed by atoms with van der Waals surface area (Å²) < 4.78 is 0. The number of hydrogen-bond donors (Lipinski definition) is 1.